The molecule has 0 unspecified atom stereocenters. The third kappa shape index (κ3) is 1.84. The predicted molar refractivity (Wildman–Crippen MR) is 61.4 cm³/mol. The summed E-state index contributed by atoms with van der Waals surface area (Å²) in [4.78, 5) is 0. The van der Waals surface area contributed by atoms with Gasteiger partial charge >= 0.3 is 0 Å². The molecule has 17 heavy (non-hydrogen) atoms. The molecule has 0 radical (unpaired) electrons. The van der Waals surface area contributed by atoms with Crippen LogP contribution in [0, 0.1) is 11.3 Å². The van der Waals surface area contributed by atoms with E-state index in [4.69, 9.17) is 10.00 Å². The number of rotatable bonds is 1. The van der Waals surface area contributed by atoms with E-state index in [1.54, 1.807) is 0 Å². The quantitative estimate of drug-likeness (QED) is 0.776. The summed E-state index contributed by atoms with van der Waals surface area (Å²) in [6, 6.07) is 2.63. The molecule has 0 bridgehead atoms. The predicted octanol–water partition coefficient (Wildman–Crippen LogP) is 0.752. The summed E-state index contributed by atoms with van der Waals surface area (Å²) < 4.78 is 7.47. The van der Waals surface area contributed by atoms with Crippen LogP contribution in [0.5, 0.6) is 0 Å². The number of aromatic nitrogens is 2. The molecule has 1 saturated heterocycles. The first-order chi connectivity index (χ1) is 8.40. The monoisotopic (exact) mass is 232 g/mol. The van der Waals surface area contributed by atoms with Gasteiger partial charge < -0.3 is 10.1 Å². The molecule has 1 aromatic heterocycles. The lowest BCUT2D eigenvalue weighted by Gasteiger charge is -2.25. The molecular weight excluding hydrogens is 216 g/mol. The number of fused-ring (bicyclic) bond motifs is 1. The SMILES string of the molecule is N#Cc1nn(C2CCOCC2)c2c1CNCC2. The molecule has 0 saturated carbocycles. The van der Waals surface area contributed by atoms with Crippen molar-refractivity contribution in [2.75, 3.05) is 19.8 Å². The Balaban J connectivity index is 1.98. The molecule has 2 aliphatic rings. The Kier molecular flexibility index (Phi) is 2.83. The number of nitrogens with one attached hydrogen (secondary N) is 1. The normalized spacial score (nSPS) is 20.9. The van der Waals surface area contributed by atoms with Crippen LogP contribution >= 0.6 is 0 Å². The van der Waals surface area contributed by atoms with Crippen molar-refractivity contribution in [2.45, 2.75) is 31.8 Å². The summed E-state index contributed by atoms with van der Waals surface area (Å²) >= 11 is 0. The summed E-state index contributed by atoms with van der Waals surface area (Å²) in [6.07, 6.45) is 2.99. The van der Waals surface area contributed by atoms with Crippen LogP contribution in [0.3, 0.4) is 0 Å². The van der Waals surface area contributed by atoms with Crippen LogP contribution in [-0.2, 0) is 17.7 Å². The van der Waals surface area contributed by atoms with Crippen LogP contribution in [0.2, 0.25) is 0 Å². The van der Waals surface area contributed by atoms with Gasteiger partial charge in [-0.15, -0.1) is 0 Å². The zero-order valence-corrected chi connectivity index (χ0v) is 9.78. The highest BCUT2D eigenvalue weighted by atomic mass is 16.5. The zero-order valence-electron chi connectivity index (χ0n) is 9.78. The van der Waals surface area contributed by atoms with Gasteiger partial charge in [0.25, 0.3) is 0 Å². The van der Waals surface area contributed by atoms with Crippen LogP contribution in [0.4, 0.5) is 0 Å². The molecule has 1 fully saturated rings. The Labute approximate surface area is 100 Å². The van der Waals surface area contributed by atoms with Crippen molar-refractivity contribution in [3.63, 3.8) is 0 Å². The molecule has 2 aliphatic heterocycles. The third-order valence-corrected chi connectivity index (χ3v) is 3.60. The Morgan fingerprint density at radius 2 is 2.24 bits per heavy atom. The zero-order chi connectivity index (χ0) is 11.7. The fourth-order valence-electron chi connectivity index (χ4n) is 2.70. The summed E-state index contributed by atoms with van der Waals surface area (Å²) in [5, 5.41) is 16.9. The van der Waals surface area contributed by atoms with E-state index >= 15 is 0 Å². The van der Waals surface area contributed by atoms with Crippen LogP contribution in [0.25, 0.3) is 0 Å². The van der Waals surface area contributed by atoms with Gasteiger partial charge in [-0.05, 0) is 12.8 Å². The molecule has 5 nitrogen and oxygen atoms in total. The van der Waals surface area contributed by atoms with Crippen LogP contribution < -0.4 is 5.32 Å². The van der Waals surface area contributed by atoms with E-state index in [9.17, 15) is 0 Å². The smallest absolute Gasteiger partial charge is 0.167 e. The maximum atomic E-state index is 9.13. The number of nitrogens with zero attached hydrogens (tertiary/aromatic N) is 3. The first-order valence-electron chi connectivity index (χ1n) is 6.19. The van der Waals surface area contributed by atoms with Gasteiger partial charge in [0.2, 0.25) is 0 Å². The van der Waals surface area contributed by atoms with Crippen LogP contribution in [0.15, 0.2) is 0 Å². The van der Waals surface area contributed by atoms with Crippen molar-refractivity contribution in [3.8, 4) is 6.07 Å². The lowest BCUT2D eigenvalue weighted by molar-refractivity contribution is 0.0653. The second kappa shape index (κ2) is 4.47. The molecule has 1 aromatic rings. The van der Waals surface area contributed by atoms with Gasteiger partial charge in [0.1, 0.15) is 6.07 Å². The van der Waals surface area contributed by atoms with Gasteiger partial charge in [-0.25, -0.2) is 0 Å². The Morgan fingerprint density at radius 1 is 1.41 bits per heavy atom. The van der Waals surface area contributed by atoms with Crippen LogP contribution in [-0.4, -0.2) is 29.5 Å². The van der Waals surface area contributed by atoms with Crippen molar-refractivity contribution in [2.24, 2.45) is 0 Å². The average Bonchev–Trinajstić information content (AvgIpc) is 2.78. The van der Waals surface area contributed by atoms with Gasteiger partial charge in [0, 0.05) is 44.0 Å². The minimum Gasteiger partial charge on any atom is -0.381 e. The van der Waals surface area contributed by atoms with Crippen molar-refractivity contribution in [1.82, 2.24) is 15.1 Å². The second-order valence-electron chi connectivity index (χ2n) is 4.60. The van der Waals surface area contributed by atoms with Crippen LogP contribution in [0.1, 0.15) is 35.8 Å². The van der Waals surface area contributed by atoms with E-state index in [1.165, 1.54) is 5.69 Å². The number of ether oxygens (including phenoxy) is 1. The molecule has 3 rings (SSSR count). The number of nitriles is 1. The lowest BCUT2D eigenvalue weighted by atomic mass is 10.0. The van der Waals surface area contributed by atoms with Gasteiger partial charge in [0.05, 0.1) is 6.04 Å². The maximum Gasteiger partial charge on any atom is 0.167 e. The largest absolute Gasteiger partial charge is 0.381 e. The van der Waals surface area contributed by atoms with Gasteiger partial charge in [-0.2, -0.15) is 10.4 Å². The highest BCUT2D eigenvalue weighted by molar-refractivity contribution is 5.36. The number of hydrogen-bond acceptors (Lipinski definition) is 4. The van der Waals surface area contributed by atoms with E-state index in [1.807, 2.05) is 0 Å². The molecule has 90 valence electrons. The lowest BCUT2D eigenvalue weighted by Crippen LogP contribution is -2.28. The first-order valence-corrected chi connectivity index (χ1v) is 6.19. The maximum absolute atomic E-state index is 9.13. The molecule has 5 heteroatoms. The van der Waals surface area contributed by atoms with E-state index in [2.05, 4.69) is 21.2 Å². The first kappa shape index (κ1) is 10.8. The molecule has 0 aromatic carbocycles. The average molecular weight is 232 g/mol. The summed E-state index contributed by atoms with van der Waals surface area (Å²) in [7, 11) is 0. The topological polar surface area (TPSA) is 62.9 Å². The minimum atomic E-state index is 0.415. The Bertz CT molecular complexity index is 454. The molecule has 0 spiro atoms. The van der Waals surface area contributed by atoms with Gasteiger partial charge in [-0.3, -0.25) is 4.68 Å². The Morgan fingerprint density at radius 3 is 3.00 bits per heavy atom. The summed E-state index contributed by atoms with van der Waals surface area (Å²) in [5.41, 5.74) is 2.95. The summed E-state index contributed by atoms with van der Waals surface area (Å²) in [5.74, 6) is 0. The highest BCUT2D eigenvalue weighted by Gasteiger charge is 2.25. The second-order valence-corrected chi connectivity index (χ2v) is 4.60. The fraction of sp³-hybridized carbons (Fsp3) is 0.667. The van der Waals surface area contributed by atoms with Crippen molar-refractivity contribution in [1.29, 1.82) is 5.26 Å². The van der Waals surface area contributed by atoms with Gasteiger partial charge in [0.15, 0.2) is 5.69 Å². The summed E-state index contributed by atoms with van der Waals surface area (Å²) in [6.45, 7) is 3.37. The molecular formula is C12H16N4O. The van der Waals surface area contributed by atoms with E-state index in [0.29, 0.717) is 11.7 Å². The highest BCUT2D eigenvalue weighted by Crippen LogP contribution is 2.26. The van der Waals surface area contributed by atoms with E-state index in [-0.39, 0.29) is 0 Å². The molecule has 0 amide bonds. The minimum absolute atomic E-state index is 0.415. The molecule has 0 aliphatic carbocycles. The van der Waals surface area contributed by atoms with Crippen molar-refractivity contribution in [3.05, 3.63) is 17.0 Å². The number of hydrogen-bond donors (Lipinski definition) is 1. The standard InChI is InChI=1S/C12H16N4O/c13-7-11-10-8-14-4-1-12(10)16(15-11)9-2-5-17-6-3-9/h9,14H,1-6,8H2. The molecule has 0 atom stereocenters. The van der Waals surface area contributed by atoms with Gasteiger partial charge in [-0.1, -0.05) is 0 Å². The van der Waals surface area contributed by atoms with E-state index < -0.39 is 0 Å². The fourth-order valence-corrected chi connectivity index (χ4v) is 2.70. The Hall–Kier alpha value is -1.38. The third-order valence-electron chi connectivity index (χ3n) is 3.60. The molecule has 1 N–H and O–H groups in total. The van der Waals surface area contributed by atoms with E-state index in [0.717, 1.165) is 51.1 Å². The van der Waals surface area contributed by atoms with Crippen molar-refractivity contribution >= 4 is 0 Å². The molecule has 3 heterocycles. The van der Waals surface area contributed by atoms with Crippen molar-refractivity contribution < 1.29 is 4.74 Å².